The summed E-state index contributed by atoms with van der Waals surface area (Å²) in [6, 6.07) is 3.98. The number of aromatic nitrogens is 1. The van der Waals surface area contributed by atoms with Crippen molar-refractivity contribution in [3.63, 3.8) is 0 Å². The number of pyridine rings is 1. The van der Waals surface area contributed by atoms with Crippen LogP contribution in [0.25, 0.3) is 0 Å². The van der Waals surface area contributed by atoms with Crippen molar-refractivity contribution in [3.8, 4) is 0 Å². The molecule has 2 fully saturated rings. The van der Waals surface area contributed by atoms with E-state index in [4.69, 9.17) is 0 Å². The topological polar surface area (TPSA) is 45.7 Å². The molecule has 0 radical (unpaired) electrons. The summed E-state index contributed by atoms with van der Waals surface area (Å²) >= 11 is 0. The number of carbonyl (C=O) groups is 1. The number of hydrogen-bond donors (Lipinski definition) is 0. The molecule has 1 atom stereocenters. The Hall–Kier alpha value is -1.83. The van der Waals surface area contributed by atoms with Crippen LogP contribution in [0.1, 0.15) is 31.7 Å². The highest BCUT2D eigenvalue weighted by atomic mass is 19.4. The molecule has 0 aromatic carbocycles. The smallest absolute Gasteiger partial charge is 0.425 e. The Labute approximate surface area is 151 Å². The molecule has 0 bridgehead atoms. The number of halogens is 3. The third-order valence-corrected chi connectivity index (χ3v) is 5.47. The largest absolute Gasteiger partial charge is 0.437 e. The maximum absolute atomic E-state index is 12.5. The van der Waals surface area contributed by atoms with Crippen LogP contribution in [0.15, 0.2) is 24.5 Å². The highest BCUT2D eigenvalue weighted by Gasteiger charge is 2.43. The van der Waals surface area contributed by atoms with Crippen LogP contribution >= 0.6 is 0 Å². The predicted octanol–water partition coefficient (Wildman–Crippen LogP) is 3.46. The van der Waals surface area contributed by atoms with Crippen LogP contribution in [0.4, 0.5) is 18.0 Å². The molecular weight excluding hydrogens is 347 g/mol. The number of nitrogens with zero attached hydrogens (tertiary/aromatic N) is 3. The van der Waals surface area contributed by atoms with Crippen molar-refractivity contribution >= 4 is 6.09 Å². The summed E-state index contributed by atoms with van der Waals surface area (Å²) in [5.74, 6) is 0. The zero-order valence-electron chi connectivity index (χ0n) is 14.8. The summed E-state index contributed by atoms with van der Waals surface area (Å²) in [6.45, 7) is 4.55. The molecule has 2 aliphatic rings. The lowest BCUT2D eigenvalue weighted by Crippen LogP contribution is -2.46. The number of ether oxygens (including phenoxy) is 1. The van der Waals surface area contributed by atoms with Crippen LogP contribution in [-0.2, 0) is 11.3 Å². The fraction of sp³-hybridized carbons (Fsp3) is 0.667. The van der Waals surface area contributed by atoms with E-state index in [1.807, 2.05) is 12.3 Å². The first kappa shape index (κ1) is 18.9. The van der Waals surface area contributed by atoms with E-state index in [2.05, 4.69) is 20.7 Å². The Kier molecular flexibility index (Phi) is 5.41. The van der Waals surface area contributed by atoms with Gasteiger partial charge in [0, 0.05) is 38.6 Å². The van der Waals surface area contributed by atoms with Crippen molar-refractivity contribution in [1.82, 2.24) is 14.8 Å². The normalized spacial score (nSPS) is 21.8. The molecule has 3 rings (SSSR count). The van der Waals surface area contributed by atoms with Crippen molar-refractivity contribution in [2.24, 2.45) is 5.41 Å². The van der Waals surface area contributed by atoms with Gasteiger partial charge in [0.1, 0.15) is 0 Å². The van der Waals surface area contributed by atoms with Crippen molar-refractivity contribution < 1.29 is 22.7 Å². The summed E-state index contributed by atoms with van der Waals surface area (Å²) < 4.78 is 42.2. The van der Waals surface area contributed by atoms with Crippen LogP contribution in [0, 0.1) is 5.41 Å². The van der Waals surface area contributed by atoms with E-state index in [1.165, 1.54) is 10.5 Å². The molecule has 144 valence electrons. The number of likely N-dealkylation sites (tertiary alicyclic amines) is 2. The summed E-state index contributed by atoms with van der Waals surface area (Å²) in [6.07, 6.45) is -1.20. The molecule has 3 heterocycles. The molecule has 2 saturated heterocycles. The number of alkyl halides is 3. The van der Waals surface area contributed by atoms with Crippen LogP contribution in [-0.4, -0.2) is 59.3 Å². The van der Waals surface area contributed by atoms with Gasteiger partial charge >= 0.3 is 12.3 Å². The van der Waals surface area contributed by atoms with Crippen LogP contribution in [0.2, 0.25) is 0 Å². The maximum Gasteiger partial charge on any atom is 0.425 e. The van der Waals surface area contributed by atoms with Gasteiger partial charge in [0.05, 0.1) is 0 Å². The third-order valence-electron chi connectivity index (χ3n) is 5.47. The molecule has 26 heavy (non-hydrogen) atoms. The van der Waals surface area contributed by atoms with E-state index in [1.54, 1.807) is 6.20 Å². The SMILES string of the molecule is CC(OC(=O)N1CCC2(CCN(Cc3cccnc3)C2)CC1)C(F)(F)F. The second kappa shape index (κ2) is 7.42. The van der Waals surface area contributed by atoms with Gasteiger partial charge in [-0.15, -0.1) is 0 Å². The van der Waals surface area contributed by atoms with Gasteiger partial charge in [-0.25, -0.2) is 4.79 Å². The Bertz CT molecular complexity index is 616. The standard InChI is InChI=1S/C18H24F3N3O2/c1-14(18(19,20)21)26-16(25)24-9-5-17(6-10-24)4-8-23(13-17)12-15-3-2-7-22-11-15/h2-3,7,11,14H,4-6,8-10,12-13H2,1H3. The van der Waals surface area contributed by atoms with E-state index in [0.29, 0.717) is 13.1 Å². The number of piperidine rings is 1. The van der Waals surface area contributed by atoms with E-state index in [9.17, 15) is 18.0 Å². The van der Waals surface area contributed by atoms with Crippen LogP contribution in [0.3, 0.4) is 0 Å². The van der Waals surface area contributed by atoms with Gasteiger partial charge in [-0.05, 0) is 49.8 Å². The van der Waals surface area contributed by atoms with E-state index in [0.717, 1.165) is 45.8 Å². The van der Waals surface area contributed by atoms with Crippen LogP contribution < -0.4 is 0 Å². The Morgan fingerprint density at radius 1 is 1.31 bits per heavy atom. The molecule has 0 N–H and O–H groups in total. The first-order chi connectivity index (χ1) is 12.3. The summed E-state index contributed by atoms with van der Waals surface area (Å²) in [5.41, 5.74) is 1.32. The number of rotatable bonds is 3. The second-order valence-corrected chi connectivity index (χ2v) is 7.38. The monoisotopic (exact) mass is 371 g/mol. The van der Waals surface area contributed by atoms with E-state index < -0.39 is 18.4 Å². The molecule has 1 aromatic rings. The average molecular weight is 371 g/mol. The van der Waals surface area contributed by atoms with Crippen molar-refractivity contribution in [3.05, 3.63) is 30.1 Å². The number of carbonyl (C=O) groups excluding carboxylic acids is 1. The van der Waals surface area contributed by atoms with Crippen LogP contribution in [0.5, 0.6) is 0 Å². The highest BCUT2D eigenvalue weighted by Crippen LogP contribution is 2.41. The van der Waals surface area contributed by atoms with Gasteiger partial charge in [0.15, 0.2) is 6.10 Å². The van der Waals surface area contributed by atoms with Gasteiger partial charge < -0.3 is 9.64 Å². The molecule has 5 nitrogen and oxygen atoms in total. The molecular formula is C18H24F3N3O2. The Morgan fingerprint density at radius 3 is 2.62 bits per heavy atom. The summed E-state index contributed by atoms with van der Waals surface area (Å²) in [5, 5.41) is 0. The molecule has 1 spiro atoms. The molecule has 0 aliphatic carbocycles. The third kappa shape index (κ3) is 4.47. The number of amides is 1. The lowest BCUT2D eigenvalue weighted by Gasteiger charge is -2.39. The Morgan fingerprint density at radius 2 is 2.00 bits per heavy atom. The zero-order valence-corrected chi connectivity index (χ0v) is 14.8. The predicted molar refractivity (Wildman–Crippen MR) is 89.4 cm³/mol. The lowest BCUT2D eigenvalue weighted by atomic mass is 9.78. The second-order valence-electron chi connectivity index (χ2n) is 7.38. The minimum Gasteiger partial charge on any atom is -0.437 e. The molecule has 8 heteroatoms. The molecule has 1 aromatic heterocycles. The average Bonchev–Trinajstić information content (AvgIpc) is 2.97. The molecule has 2 aliphatic heterocycles. The quantitative estimate of drug-likeness (QED) is 0.816. The first-order valence-corrected chi connectivity index (χ1v) is 8.91. The summed E-state index contributed by atoms with van der Waals surface area (Å²) in [7, 11) is 0. The van der Waals surface area contributed by atoms with Crippen molar-refractivity contribution in [2.45, 2.75) is 45.0 Å². The minimum absolute atomic E-state index is 0.147. The van der Waals surface area contributed by atoms with Gasteiger partial charge in [-0.1, -0.05) is 6.07 Å². The molecule has 1 unspecified atom stereocenters. The minimum atomic E-state index is -4.52. The fourth-order valence-corrected chi connectivity index (χ4v) is 3.78. The van der Waals surface area contributed by atoms with E-state index in [-0.39, 0.29) is 5.41 Å². The zero-order chi connectivity index (χ0) is 18.8. The van der Waals surface area contributed by atoms with E-state index >= 15 is 0 Å². The Balaban J connectivity index is 1.48. The molecule has 1 amide bonds. The van der Waals surface area contributed by atoms with Crippen molar-refractivity contribution in [2.75, 3.05) is 26.2 Å². The highest BCUT2D eigenvalue weighted by molar-refractivity contribution is 5.68. The fourth-order valence-electron chi connectivity index (χ4n) is 3.78. The van der Waals surface area contributed by atoms with Crippen molar-refractivity contribution in [1.29, 1.82) is 0 Å². The van der Waals surface area contributed by atoms with Gasteiger partial charge in [-0.2, -0.15) is 13.2 Å². The maximum atomic E-state index is 12.5. The number of hydrogen-bond acceptors (Lipinski definition) is 4. The van der Waals surface area contributed by atoms with Gasteiger partial charge in [0.25, 0.3) is 0 Å². The molecule has 0 saturated carbocycles. The van der Waals surface area contributed by atoms with Gasteiger partial charge in [0.2, 0.25) is 0 Å². The van der Waals surface area contributed by atoms with Gasteiger partial charge in [-0.3, -0.25) is 9.88 Å². The summed E-state index contributed by atoms with van der Waals surface area (Å²) in [4.78, 5) is 19.9. The lowest BCUT2D eigenvalue weighted by molar-refractivity contribution is -0.200. The first-order valence-electron chi connectivity index (χ1n) is 8.91.